The molecule has 25 heavy (non-hydrogen) atoms. The van der Waals surface area contributed by atoms with Crippen molar-refractivity contribution in [2.75, 3.05) is 12.3 Å². The second-order valence-corrected chi connectivity index (χ2v) is 6.86. The van der Waals surface area contributed by atoms with Gasteiger partial charge in [-0.3, -0.25) is 19.3 Å². The van der Waals surface area contributed by atoms with Gasteiger partial charge >= 0.3 is 0 Å². The van der Waals surface area contributed by atoms with E-state index in [1.807, 2.05) is 10.8 Å². The van der Waals surface area contributed by atoms with E-state index in [1.54, 1.807) is 17.1 Å². The van der Waals surface area contributed by atoms with Gasteiger partial charge < -0.3 is 9.88 Å². The number of nitrogens with zero attached hydrogens (tertiary/aromatic N) is 5. The number of aromatic nitrogens is 6. The summed E-state index contributed by atoms with van der Waals surface area (Å²) in [6.45, 7) is 1.40. The van der Waals surface area contributed by atoms with Crippen molar-refractivity contribution in [3.05, 3.63) is 35.3 Å². The van der Waals surface area contributed by atoms with Crippen LogP contribution in [0.4, 0.5) is 0 Å². The van der Waals surface area contributed by atoms with Crippen molar-refractivity contribution in [2.24, 2.45) is 0 Å². The highest BCUT2D eigenvalue weighted by molar-refractivity contribution is 7.99. The molecule has 0 aliphatic carbocycles. The van der Waals surface area contributed by atoms with Gasteiger partial charge in [-0.25, -0.2) is 9.97 Å². The third kappa shape index (κ3) is 3.16. The number of aryl methyl sites for hydroxylation is 1. The van der Waals surface area contributed by atoms with Gasteiger partial charge in [0.05, 0.1) is 18.6 Å². The molecule has 0 saturated heterocycles. The Bertz CT molecular complexity index is 947. The van der Waals surface area contributed by atoms with Gasteiger partial charge in [0, 0.05) is 37.7 Å². The minimum Gasteiger partial charge on any atom is -0.356 e. The lowest BCUT2D eigenvalue weighted by atomic mass is 10.2. The lowest BCUT2D eigenvalue weighted by molar-refractivity contribution is -0.121. The minimum absolute atomic E-state index is 0.0525. The quantitative estimate of drug-likeness (QED) is 0.491. The highest BCUT2D eigenvalue weighted by atomic mass is 32.2. The zero-order valence-corrected chi connectivity index (χ0v) is 14.2. The molecule has 0 fully saturated rings. The van der Waals surface area contributed by atoms with Crippen molar-refractivity contribution in [2.45, 2.75) is 30.6 Å². The molecule has 3 aromatic rings. The normalized spacial score (nSPS) is 16.2. The molecule has 2 N–H and O–H groups in total. The molecule has 0 aromatic carbocycles. The Balaban J connectivity index is 1.36. The van der Waals surface area contributed by atoms with E-state index < -0.39 is 0 Å². The molecule has 0 bridgehead atoms. The molecule has 0 spiro atoms. The monoisotopic (exact) mass is 359 g/mol. The highest BCUT2D eigenvalue weighted by Gasteiger charge is 2.28. The number of fused-ring (bicyclic) bond motifs is 2. The third-order valence-corrected chi connectivity index (χ3v) is 5.25. The predicted octanol–water partition coefficient (Wildman–Crippen LogP) is 0.559. The van der Waals surface area contributed by atoms with Crippen LogP contribution in [0.2, 0.25) is 0 Å². The highest BCUT2D eigenvalue weighted by Crippen LogP contribution is 2.32. The van der Waals surface area contributed by atoms with Crippen LogP contribution in [0.3, 0.4) is 0 Å². The summed E-state index contributed by atoms with van der Waals surface area (Å²) in [6.07, 6.45) is 7.96. The first kappa shape index (κ1) is 15.9. The first-order valence-corrected chi connectivity index (χ1v) is 9.02. The second-order valence-electron chi connectivity index (χ2n) is 5.87. The van der Waals surface area contributed by atoms with Gasteiger partial charge in [0.25, 0.3) is 5.56 Å². The zero-order valence-electron chi connectivity index (χ0n) is 13.4. The Morgan fingerprint density at radius 3 is 3.24 bits per heavy atom. The maximum absolute atomic E-state index is 12.6. The van der Waals surface area contributed by atoms with E-state index in [-0.39, 0.29) is 23.9 Å². The number of amides is 1. The molecule has 0 radical (unpaired) electrons. The molecular formula is C15H17N7O2S. The van der Waals surface area contributed by atoms with E-state index in [1.165, 1.54) is 18.0 Å². The van der Waals surface area contributed by atoms with Crippen LogP contribution in [0.15, 0.2) is 34.9 Å². The SMILES string of the molecule is O=C(CC1CSc2nc3[nH]ncc3c(=O)n21)NCCCn1ccnc1. The van der Waals surface area contributed by atoms with Crippen LogP contribution in [-0.4, -0.2) is 47.5 Å². The lowest BCUT2D eigenvalue weighted by Crippen LogP contribution is -2.31. The first-order chi connectivity index (χ1) is 12.2. The van der Waals surface area contributed by atoms with Crippen LogP contribution in [0.5, 0.6) is 0 Å². The fourth-order valence-corrected chi connectivity index (χ4v) is 4.04. The molecular weight excluding hydrogens is 342 g/mol. The molecule has 1 amide bonds. The van der Waals surface area contributed by atoms with Crippen LogP contribution < -0.4 is 10.9 Å². The van der Waals surface area contributed by atoms with Gasteiger partial charge in [0.2, 0.25) is 5.91 Å². The molecule has 1 unspecified atom stereocenters. The summed E-state index contributed by atoms with van der Waals surface area (Å²) >= 11 is 1.49. The first-order valence-electron chi connectivity index (χ1n) is 8.03. The van der Waals surface area contributed by atoms with Crippen molar-refractivity contribution in [1.82, 2.24) is 34.6 Å². The summed E-state index contributed by atoms with van der Waals surface area (Å²) in [5.74, 6) is 0.619. The second kappa shape index (κ2) is 6.71. The number of carbonyl (C=O) groups is 1. The molecule has 4 rings (SSSR count). The Morgan fingerprint density at radius 2 is 2.40 bits per heavy atom. The van der Waals surface area contributed by atoms with E-state index in [0.29, 0.717) is 28.5 Å². The summed E-state index contributed by atoms with van der Waals surface area (Å²) in [5, 5.41) is 10.6. The number of hydrogen-bond acceptors (Lipinski definition) is 6. The number of nitrogens with one attached hydrogen (secondary N) is 2. The Labute approximate surface area is 146 Å². The number of rotatable bonds is 6. The van der Waals surface area contributed by atoms with Gasteiger partial charge in [-0.2, -0.15) is 5.10 Å². The number of hydrogen-bond donors (Lipinski definition) is 2. The fourth-order valence-electron chi connectivity index (χ4n) is 2.90. The number of thioether (sulfide) groups is 1. The Hall–Kier alpha value is -2.62. The number of carbonyl (C=O) groups excluding carboxylic acids is 1. The standard InChI is InChI=1S/C15H17N7O2S/c23-12(17-2-1-4-21-5-3-16-9-21)6-10-8-25-15-19-13-11(7-18-20-13)14(24)22(10)15/h3,5,7,9-10H,1-2,4,6,8H2,(H,17,23)(H,18,20). The molecule has 4 heterocycles. The van der Waals surface area contributed by atoms with Gasteiger partial charge in [-0.1, -0.05) is 11.8 Å². The average molecular weight is 359 g/mol. The van der Waals surface area contributed by atoms with Gasteiger partial charge in [-0.15, -0.1) is 0 Å². The molecule has 1 aliphatic heterocycles. The molecule has 3 aromatic heterocycles. The van der Waals surface area contributed by atoms with E-state index in [9.17, 15) is 9.59 Å². The Morgan fingerprint density at radius 1 is 1.48 bits per heavy atom. The van der Waals surface area contributed by atoms with Crippen molar-refractivity contribution in [1.29, 1.82) is 0 Å². The maximum Gasteiger partial charge on any atom is 0.265 e. The van der Waals surface area contributed by atoms with E-state index in [4.69, 9.17) is 0 Å². The summed E-state index contributed by atoms with van der Waals surface area (Å²) in [4.78, 5) is 33.2. The molecule has 0 saturated carbocycles. The van der Waals surface area contributed by atoms with Crippen LogP contribution >= 0.6 is 11.8 Å². The number of H-pyrrole nitrogens is 1. The summed E-state index contributed by atoms with van der Waals surface area (Å²) in [6, 6.07) is -0.173. The number of imidazole rings is 1. The van der Waals surface area contributed by atoms with Crippen LogP contribution in [-0.2, 0) is 11.3 Å². The third-order valence-electron chi connectivity index (χ3n) is 4.15. The largest absolute Gasteiger partial charge is 0.356 e. The fraction of sp³-hybridized carbons (Fsp3) is 0.400. The van der Waals surface area contributed by atoms with Crippen LogP contribution in [0.1, 0.15) is 18.9 Å². The minimum atomic E-state index is -0.173. The smallest absolute Gasteiger partial charge is 0.265 e. The summed E-state index contributed by atoms with van der Waals surface area (Å²) < 4.78 is 3.59. The van der Waals surface area contributed by atoms with Crippen molar-refractivity contribution in [3.63, 3.8) is 0 Å². The van der Waals surface area contributed by atoms with Gasteiger partial charge in [0.15, 0.2) is 10.8 Å². The zero-order chi connectivity index (χ0) is 17.2. The van der Waals surface area contributed by atoms with Gasteiger partial charge in [-0.05, 0) is 6.42 Å². The molecule has 130 valence electrons. The molecule has 1 aliphatic rings. The van der Waals surface area contributed by atoms with Crippen molar-refractivity contribution in [3.8, 4) is 0 Å². The predicted molar refractivity (Wildman–Crippen MR) is 92.4 cm³/mol. The molecule has 1 atom stereocenters. The maximum atomic E-state index is 12.6. The van der Waals surface area contributed by atoms with E-state index >= 15 is 0 Å². The Kier molecular flexibility index (Phi) is 4.26. The van der Waals surface area contributed by atoms with Crippen molar-refractivity contribution >= 4 is 28.7 Å². The lowest BCUT2D eigenvalue weighted by Gasteiger charge is -2.13. The van der Waals surface area contributed by atoms with E-state index in [2.05, 4.69) is 25.5 Å². The number of aromatic amines is 1. The molecule has 9 nitrogen and oxygen atoms in total. The average Bonchev–Trinajstić information content (AvgIpc) is 3.33. The topological polar surface area (TPSA) is 110 Å². The van der Waals surface area contributed by atoms with Crippen molar-refractivity contribution < 1.29 is 4.79 Å². The van der Waals surface area contributed by atoms with Crippen LogP contribution in [0.25, 0.3) is 11.0 Å². The van der Waals surface area contributed by atoms with Gasteiger partial charge in [0.1, 0.15) is 5.39 Å². The van der Waals surface area contributed by atoms with E-state index in [0.717, 1.165) is 13.0 Å². The summed E-state index contributed by atoms with van der Waals surface area (Å²) in [5.41, 5.74) is 0.352. The summed E-state index contributed by atoms with van der Waals surface area (Å²) in [7, 11) is 0. The van der Waals surface area contributed by atoms with Crippen LogP contribution in [0, 0.1) is 0 Å². The molecule has 10 heteroatoms.